The minimum Gasteiger partial charge on any atom is -0.294 e. The number of fused-ring (bicyclic) bond motifs is 1. The molecular formula is C17H16FN3O2. The Balaban J connectivity index is 1.83. The van der Waals surface area contributed by atoms with Gasteiger partial charge in [0.25, 0.3) is 5.91 Å². The predicted octanol–water partition coefficient (Wildman–Crippen LogP) is 3.02. The number of hydrogen-bond acceptors (Lipinski definition) is 4. The van der Waals surface area contributed by atoms with Crippen LogP contribution in [0.5, 0.6) is 0 Å². The number of halogens is 1. The van der Waals surface area contributed by atoms with Gasteiger partial charge in [-0.3, -0.25) is 14.9 Å². The summed E-state index contributed by atoms with van der Waals surface area (Å²) in [5, 5.41) is 2.58. The maximum atomic E-state index is 12.9. The number of benzene rings is 1. The first kappa shape index (κ1) is 15.3. The van der Waals surface area contributed by atoms with Crippen LogP contribution in [0.25, 0.3) is 0 Å². The maximum Gasteiger partial charge on any atom is 0.258 e. The standard InChI is InChI=1S/C17H16FN3O2/c1-17(2)7-13-12(14(22)8-17)9-19-16(20-13)21-15(23)10-3-5-11(18)6-4-10/h3-6,9H,7-8H2,1-2H3,(H,19,20,21,23). The Bertz CT molecular complexity index is 785. The van der Waals surface area contributed by atoms with Crippen LogP contribution in [0.3, 0.4) is 0 Å². The van der Waals surface area contributed by atoms with Crippen LogP contribution in [0.1, 0.15) is 46.7 Å². The average Bonchev–Trinajstić information content (AvgIpc) is 2.46. The molecule has 1 aliphatic carbocycles. The molecule has 118 valence electrons. The fraction of sp³-hybridized carbons (Fsp3) is 0.294. The Labute approximate surface area is 133 Å². The molecule has 23 heavy (non-hydrogen) atoms. The van der Waals surface area contributed by atoms with Gasteiger partial charge in [-0.2, -0.15) is 0 Å². The van der Waals surface area contributed by atoms with Crippen molar-refractivity contribution in [2.45, 2.75) is 26.7 Å². The monoisotopic (exact) mass is 313 g/mol. The summed E-state index contributed by atoms with van der Waals surface area (Å²) in [6, 6.07) is 5.19. The van der Waals surface area contributed by atoms with Crippen molar-refractivity contribution >= 4 is 17.6 Å². The highest BCUT2D eigenvalue weighted by molar-refractivity contribution is 6.03. The smallest absolute Gasteiger partial charge is 0.258 e. The van der Waals surface area contributed by atoms with Gasteiger partial charge in [0.05, 0.1) is 11.3 Å². The Kier molecular flexibility index (Phi) is 3.67. The predicted molar refractivity (Wildman–Crippen MR) is 82.8 cm³/mol. The van der Waals surface area contributed by atoms with E-state index in [-0.39, 0.29) is 17.1 Å². The van der Waals surface area contributed by atoms with Gasteiger partial charge < -0.3 is 0 Å². The van der Waals surface area contributed by atoms with Crippen LogP contribution in [0.2, 0.25) is 0 Å². The Morgan fingerprint density at radius 2 is 1.91 bits per heavy atom. The number of anilines is 1. The van der Waals surface area contributed by atoms with Crippen molar-refractivity contribution in [1.29, 1.82) is 0 Å². The minimum absolute atomic E-state index is 0.0210. The lowest BCUT2D eigenvalue weighted by Gasteiger charge is -2.29. The maximum absolute atomic E-state index is 12.9. The molecule has 0 radical (unpaired) electrons. The van der Waals surface area contributed by atoms with Gasteiger partial charge in [-0.05, 0) is 36.1 Å². The fourth-order valence-electron chi connectivity index (χ4n) is 2.67. The second-order valence-corrected chi connectivity index (χ2v) is 6.46. The van der Waals surface area contributed by atoms with Crippen LogP contribution in [-0.4, -0.2) is 21.7 Å². The number of hydrogen-bond donors (Lipinski definition) is 1. The normalized spacial score (nSPS) is 15.9. The minimum atomic E-state index is -0.425. The Morgan fingerprint density at radius 3 is 2.61 bits per heavy atom. The molecule has 1 aromatic heterocycles. The van der Waals surface area contributed by atoms with E-state index in [1.807, 2.05) is 13.8 Å². The van der Waals surface area contributed by atoms with Gasteiger partial charge in [0.1, 0.15) is 5.82 Å². The molecule has 2 aromatic rings. The molecule has 0 unspecified atom stereocenters. The molecule has 0 atom stereocenters. The van der Waals surface area contributed by atoms with Gasteiger partial charge in [-0.1, -0.05) is 13.8 Å². The van der Waals surface area contributed by atoms with Crippen molar-refractivity contribution in [3.63, 3.8) is 0 Å². The van der Waals surface area contributed by atoms with Crippen molar-refractivity contribution in [2.75, 3.05) is 5.32 Å². The number of amides is 1. The first-order chi connectivity index (χ1) is 10.8. The summed E-state index contributed by atoms with van der Waals surface area (Å²) < 4.78 is 12.9. The molecule has 0 spiro atoms. The van der Waals surface area contributed by atoms with Gasteiger partial charge in [0.2, 0.25) is 5.95 Å². The van der Waals surface area contributed by atoms with Crippen LogP contribution in [0, 0.1) is 11.2 Å². The summed E-state index contributed by atoms with van der Waals surface area (Å²) in [5.41, 5.74) is 1.32. The Morgan fingerprint density at radius 1 is 1.22 bits per heavy atom. The summed E-state index contributed by atoms with van der Waals surface area (Å²) >= 11 is 0. The van der Waals surface area contributed by atoms with E-state index in [2.05, 4.69) is 15.3 Å². The number of rotatable bonds is 2. The molecule has 5 nitrogen and oxygen atoms in total. The van der Waals surface area contributed by atoms with E-state index in [0.717, 1.165) is 0 Å². The zero-order valence-corrected chi connectivity index (χ0v) is 12.9. The van der Waals surface area contributed by atoms with E-state index in [9.17, 15) is 14.0 Å². The molecule has 0 saturated carbocycles. The number of carbonyl (C=O) groups is 2. The highest BCUT2D eigenvalue weighted by Gasteiger charge is 2.32. The summed E-state index contributed by atoms with van der Waals surface area (Å²) in [6.07, 6.45) is 2.57. The van der Waals surface area contributed by atoms with Gasteiger partial charge >= 0.3 is 0 Å². The molecular weight excluding hydrogens is 297 g/mol. The van der Waals surface area contributed by atoms with Gasteiger partial charge in [0, 0.05) is 18.2 Å². The number of nitrogens with one attached hydrogen (secondary N) is 1. The lowest BCUT2D eigenvalue weighted by atomic mass is 9.76. The lowest BCUT2D eigenvalue weighted by molar-refractivity contribution is 0.0909. The molecule has 1 heterocycles. The largest absolute Gasteiger partial charge is 0.294 e. The van der Waals surface area contributed by atoms with Gasteiger partial charge in [-0.15, -0.1) is 0 Å². The average molecular weight is 313 g/mol. The fourth-order valence-corrected chi connectivity index (χ4v) is 2.67. The van der Waals surface area contributed by atoms with Crippen molar-refractivity contribution in [3.05, 3.63) is 53.1 Å². The highest BCUT2D eigenvalue weighted by Crippen LogP contribution is 2.33. The molecule has 0 fully saturated rings. The second-order valence-electron chi connectivity index (χ2n) is 6.46. The molecule has 1 aromatic carbocycles. The number of aromatic nitrogens is 2. The van der Waals surface area contributed by atoms with E-state index < -0.39 is 11.7 Å². The van der Waals surface area contributed by atoms with Crippen molar-refractivity contribution in [1.82, 2.24) is 9.97 Å². The summed E-state index contributed by atoms with van der Waals surface area (Å²) in [6.45, 7) is 4.01. The third-order valence-electron chi connectivity index (χ3n) is 3.78. The zero-order valence-electron chi connectivity index (χ0n) is 12.9. The number of Topliss-reactive ketones (excluding diaryl/α,β-unsaturated/α-hetero) is 1. The van der Waals surface area contributed by atoms with Crippen LogP contribution in [0.15, 0.2) is 30.5 Å². The molecule has 1 N–H and O–H groups in total. The topological polar surface area (TPSA) is 72.0 Å². The van der Waals surface area contributed by atoms with Crippen LogP contribution in [0.4, 0.5) is 10.3 Å². The lowest BCUT2D eigenvalue weighted by Crippen LogP contribution is -2.28. The van der Waals surface area contributed by atoms with E-state index in [1.54, 1.807) is 0 Å². The zero-order chi connectivity index (χ0) is 16.6. The molecule has 1 amide bonds. The number of ketones is 1. The molecule has 0 saturated heterocycles. The van der Waals surface area contributed by atoms with Crippen molar-refractivity contribution < 1.29 is 14.0 Å². The van der Waals surface area contributed by atoms with E-state index in [4.69, 9.17) is 0 Å². The molecule has 6 heteroatoms. The van der Waals surface area contributed by atoms with Gasteiger partial charge in [-0.25, -0.2) is 14.4 Å². The first-order valence-electron chi connectivity index (χ1n) is 7.30. The molecule has 0 bridgehead atoms. The summed E-state index contributed by atoms with van der Waals surface area (Å²) in [4.78, 5) is 32.5. The third-order valence-corrected chi connectivity index (χ3v) is 3.78. The molecule has 1 aliphatic rings. The van der Waals surface area contributed by atoms with Crippen LogP contribution >= 0.6 is 0 Å². The van der Waals surface area contributed by atoms with Crippen molar-refractivity contribution in [3.8, 4) is 0 Å². The van der Waals surface area contributed by atoms with Gasteiger partial charge in [0.15, 0.2) is 5.78 Å². The molecule has 3 rings (SSSR count). The van der Waals surface area contributed by atoms with E-state index >= 15 is 0 Å². The van der Waals surface area contributed by atoms with Crippen molar-refractivity contribution in [2.24, 2.45) is 5.41 Å². The molecule has 0 aliphatic heterocycles. The second kappa shape index (κ2) is 5.53. The first-order valence-corrected chi connectivity index (χ1v) is 7.30. The number of carbonyl (C=O) groups excluding carboxylic acids is 2. The summed E-state index contributed by atoms with van der Waals surface area (Å²) in [7, 11) is 0. The van der Waals surface area contributed by atoms with E-state index in [1.165, 1.54) is 30.5 Å². The Hall–Kier alpha value is -2.63. The SMILES string of the molecule is CC1(C)CC(=O)c2cnc(NC(=O)c3ccc(F)cc3)nc2C1. The number of nitrogens with zero attached hydrogens (tertiary/aromatic N) is 2. The van der Waals surface area contributed by atoms with Crippen LogP contribution < -0.4 is 5.32 Å². The van der Waals surface area contributed by atoms with Crippen LogP contribution in [-0.2, 0) is 6.42 Å². The quantitative estimate of drug-likeness (QED) is 0.925. The van der Waals surface area contributed by atoms with E-state index in [0.29, 0.717) is 29.7 Å². The third kappa shape index (κ3) is 3.26. The summed E-state index contributed by atoms with van der Waals surface area (Å²) in [5.74, 6) is -0.671. The highest BCUT2D eigenvalue weighted by atomic mass is 19.1.